The highest BCUT2D eigenvalue weighted by Gasteiger charge is 2.25. The van der Waals surface area contributed by atoms with Gasteiger partial charge in [0.25, 0.3) is 0 Å². The predicted molar refractivity (Wildman–Crippen MR) is 106 cm³/mol. The first kappa shape index (κ1) is 21.4. The molecule has 2 aromatic carbocycles. The number of hydrogen-bond donors (Lipinski definition) is 0. The van der Waals surface area contributed by atoms with Crippen LogP contribution in [0.15, 0.2) is 53.4 Å². The van der Waals surface area contributed by atoms with Gasteiger partial charge in [0.15, 0.2) is 0 Å². The molecule has 0 unspecified atom stereocenters. The first-order valence-electron chi connectivity index (χ1n) is 8.83. The standard InChI is InChI=1S/C20H19ClFNO5S/c21-18-2-1-3-19(22)17(18)14-28-20(24)9-6-15-4-7-16(8-5-15)29(25,26)23-10-12-27-13-11-23/h1-9H,10-14H2/b9-6-. The van der Waals surface area contributed by atoms with Crippen molar-refractivity contribution in [2.24, 2.45) is 0 Å². The van der Waals surface area contributed by atoms with E-state index in [1.54, 1.807) is 12.1 Å². The molecule has 1 fully saturated rings. The van der Waals surface area contributed by atoms with Gasteiger partial charge < -0.3 is 9.47 Å². The Labute approximate surface area is 173 Å². The third kappa shape index (κ3) is 5.42. The molecule has 0 bridgehead atoms. The van der Waals surface area contributed by atoms with Crippen LogP contribution < -0.4 is 0 Å². The quantitative estimate of drug-likeness (QED) is 0.510. The van der Waals surface area contributed by atoms with Gasteiger partial charge in [-0.25, -0.2) is 17.6 Å². The highest BCUT2D eigenvalue weighted by Crippen LogP contribution is 2.20. The summed E-state index contributed by atoms with van der Waals surface area (Å²) < 4.78 is 50.4. The molecule has 0 N–H and O–H groups in total. The Hall–Kier alpha value is -2.26. The van der Waals surface area contributed by atoms with Crippen LogP contribution in [0.4, 0.5) is 4.39 Å². The number of nitrogens with zero attached hydrogens (tertiary/aromatic N) is 1. The number of hydrogen-bond acceptors (Lipinski definition) is 5. The second-order valence-electron chi connectivity index (χ2n) is 6.23. The number of carbonyl (C=O) groups is 1. The molecule has 1 saturated heterocycles. The monoisotopic (exact) mass is 439 g/mol. The minimum absolute atomic E-state index is 0.105. The summed E-state index contributed by atoms with van der Waals surface area (Å²) in [6.07, 6.45) is 2.66. The van der Waals surface area contributed by atoms with Crippen molar-refractivity contribution in [3.8, 4) is 0 Å². The summed E-state index contributed by atoms with van der Waals surface area (Å²) in [7, 11) is -3.57. The van der Waals surface area contributed by atoms with Gasteiger partial charge in [0.2, 0.25) is 10.0 Å². The molecule has 154 valence electrons. The largest absolute Gasteiger partial charge is 0.457 e. The molecule has 6 nitrogen and oxygen atoms in total. The maximum absolute atomic E-state index is 13.7. The number of ether oxygens (including phenoxy) is 2. The Morgan fingerprint density at radius 3 is 2.52 bits per heavy atom. The van der Waals surface area contributed by atoms with Gasteiger partial charge in [0.05, 0.1) is 23.1 Å². The summed E-state index contributed by atoms with van der Waals surface area (Å²) in [4.78, 5) is 12.0. The fourth-order valence-electron chi connectivity index (χ4n) is 2.71. The summed E-state index contributed by atoms with van der Waals surface area (Å²) in [6.45, 7) is 1.11. The van der Waals surface area contributed by atoms with Crippen LogP contribution in [0.2, 0.25) is 5.02 Å². The van der Waals surface area contributed by atoms with Crippen LogP contribution in [0.1, 0.15) is 11.1 Å². The van der Waals surface area contributed by atoms with Crippen LogP contribution in [0.3, 0.4) is 0 Å². The number of rotatable bonds is 6. The molecule has 0 saturated carbocycles. The van der Waals surface area contributed by atoms with Gasteiger partial charge in [-0.1, -0.05) is 29.8 Å². The summed E-state index contributed by atoms with van der Waals surface area (Å²) in [5.74, 6) is -1.22. The first-order valence-corrected chi connectivity index (χ1v) is 10.7. The summed E-state index contributed by atoms with van der Waals surface area (Å²) in [5, 5.41) is 0.179. The van der Waals surface area contributed by atoms with Gasteiger partial charge in [-0.2, -0.15) is 4.31 Å². The van der Waals surface area contributed by atoms with E-state index >= 15 is 0 Å². The van der Waals surface area contributed by atoms with Crippen LogP contribution in [0, 0.1) is 5.82 Å². The molecule has 3 rings (SSSR count). The molecule has 1 heterocycles. The number of esters is 1. The lowest BCUT2D eigenvalue weighted by molar-refractivity contribution is -0.138. The summed E-state index contributed by atoms with van der Waals surface area (Å²) >= 11 is 5.88. The van der Waals surface area contributed by atoms with Crippen LogP contribution in [-0.4, -0.2) is 45.0 Å². The highest BCUT2D eigenvalue weighted by atomic mass is 35.5. The molecule has 0 aliphatic carbocycles. The molecule has 2 aromatic rings. The Balaban J connectivity index is 1.60. The molecule has 0 atom stereocenters. The van der Waals surface area contributed by atoms with Gasteiger partial charge in [-0.15, -0.1) is 0 Å². The smallest absolute Gasteiger partial charge is 0.331 e. The molecule has 0 amide bonds. The number of benzene rings is 2. The van der Waals surface area contributed by atoms with Crippen molar-refractivity contribution in [3.63, 3.8) is 0 Å². The van der Waals surface area contributed by atoms with E-state index in [4.69, 9.17) is 21.1 Å². The van der Waals surface area contributed by atoms with Crippen molar-refractivity contribution in [1.29, 1.82) is 0 Å². The predicted octanol–water partition coefficient (Wildman–Crippen LogP) is 3.26. The number of sulfonamides is 1. The maximum atomic E-state index is 13.7. The zero-order valence-corrected chi connectivity index (χ0v) is 17.0. The summed E-state index contributed by atoms with van der Waals surface area (Å²) in [6, 6.07) is 10.3. The van der Waals surface area contributed by atoms with E-state index in [0.717, 1.165) is 0 Å². The van der Waals surface area contributed by atoms with Crippen LogP contribution >= 0.6 is 11.6 Å². The minimum Gasteiger partial charge on any atom is -0.457 e. The average Bonchev–Trinajstić information content (AvgIpc) is 2.73. The third-order valence-corrected chi connectivity index (χ3v) is 6.59. The normalized spacial score (nSPS) is 15.5. The topological polar surface area (TPSA) is 72.9 Å². The van der Waals surface area contributed by atoms with Crippen LogP contribution in [0.5, 0.6) is 0 Å². The highest BCUT2D eigenvalue weighted by molar-refractivity contribution is 7.89. The van der Waals surface area contributed by atoms with Gasteiger partial charge in [0, 0.05) is 24.7 Å². The van der Waals surface area contributed by atoms with Crippen molar-refractivity contribution < 1.29 is 27.1 Å². The Morgan fingerprint density at radius 1 is 1.17 bits per heavy atom. The van der Waals surface area contributed by atoms with E-state index in [-0.39, 0.29) is 22.1 Å². The number of morpholine rings is 1. The van der Waals surface area contributed by atoms with Gasteiger partial charge in [0.1, 0.15) is 12.4 Å². The average molecular weight is 440 g/mol. The van der Waals surface area contributed by atoms with E-state index in [0.29, 0.717) is 31.9 Å². The fraction of sp³-hybridized carbons (Fsp3) is 0.250. The molecule has 9 heteroatoms. The van der Waals surface area contributed by atoms with Crippen molar-refractivity contribution in [2.45, 2.75) is 11.5 Å². The van der Waals surface area contributed by atoms with E-state index in [1.165, 1.54) is 46.8 Å². The van der Waals surface area contributed by atoms with Crippen LogP contribution in [0.25, 0.3) is 6.08 Å². The van der Waals surface area contributed by atoms with Crippen molar-refractivity contribution in [3.05, 3.63) is 70.5 Å². The minimum atomic E-state index is -3.57. The van der Waals surface area contributed by atoms with E-state index in [2.05, 4.69) is 0 Å². The lowest BCUT2D eigenvalue weighted by atomic mass is 10.2. The Kier molecular flexibility index (Phi) is 7.02. The van der Waals surface area contributed by atoms with Gasteiger partial charge >= 0.3 is 5.97 Å². The van der Waals surface area contributed by atoms with Crippen molar-refractivity contribution in [2.75, 3.05) is 26.3 Å². The zero-order valence-electron chi connectivity index (χ0n) is 15.4. The van der Waals surface area contributed by atoms with E-state index in [1.807, 2.05) is 0 Å². The van der Waals surface area contributed by atoms with Crippen LogP contribution in [-0.2, 0) is 30.9 Å². The molecule has 1 aliphatic rings. The van der Waals surface area contributed by atoms with Crippen molar-refractivity contribution >= 4 is 33.7 Å². The fourth-order valence-corrected chi connectivity index (χ4v) is 4.34. The Morgan fingerprint density at radius 2 is 1.86 bits per heavy atom. The second-order valence-corrected chi connectivity index (χ2v) is 8.57. The SMILES string of the molecule is O=C(/C=C\c1ccc(S(=O)(=O)N2CCOCC2)cc1)OCc1c(F)cccc1Cl. The van der Waals surface area contributed by atoms with Gasteiger partial charge in [-0.3, -0.25) is 0 Å². The Bertz CT molecular complexity index is 982. The molecule has 1 aliphatic heterocycles. The molecule has 0 radical (unpaired) electrons. The van der Waals surface area contributed by atoms with Crippen molar-refractivity contribution in [1.82, 2.24) is 4.31 Å². The lowest BCUT2D eigenvalue weighted by Crippen LogP contribution is -2.40. The molecular weight excluding hydrogens is 421 g/mol. The first-order chi connectivity index (χ1) is 13.9. The summed E-state index contributed by atoms with van der Waals surface area (Å²) in [5.41, 5.74) is 0.723. The lowest BCUT2D eigenvalue weighted by Gasteiger charge is -2.26. The molecule has 29 heavy (non-hydrogen) atoms. The molecule has 0 aromatic heterocycles. The second kappa shape index (κ2) is 9.49. The number of halogens is 2. The van der Waals surface area contributed by atoms with Gasteiger partial charge in [-0.05, 0) is 35.9 Å². The van der Waals surface area contributed by atoms with E-state index < -0.39 is 21.8 Å². The number of carbonyl (C=O) groups excluding carboxylic acids is 1. The molecule has 0 spiro atoms. The van der Waals surface area contributed by atoms with E-state index in [9.17, 15) is 17.6 Å². The maximum Gasteiger partial charge on any atom is 0.331 e. The molecular formula is C20H19ClFNO5S. The zero-order chi connectivity index (χ0) is 20.9. The third-order valence-electron chi connectivity index (χ3n) is 4.32.